The molecule has 1 saturated heterocycles. The summed E-state index contributed by atoms with van der Waals surface area (Å²) in [4.78, 5) is 25.2. The van der Waals surface area contributed by atoms with Gasteiger partial charge in [-0.15, -0.1) is 0 Å². The molecule has 0 N–H and O–H groups in total. The van der Waals surface area contributed by atoms with Gasteiger partial charge in [-0.2, -0.15) is 0 Å². The van der Waals surface area contributed by atoms with Crippen molar-refractivity contribution in [3.8, 4) is 0 Å². The molecular weight excluding hydrogens is 340 g/mol. The van der Waals surface area contributed by atoms with Crippen LogP contribution in [0.4, 0.5) is 0 Å². The van der Waals surface area contributed by atoms with Crippen LogP contribution < -0.4 is 0 Å². The average molecular weight is 373 g/mol. The van der Waals surface area contributed by atoms with Crippen LogP contribution in [0, 0.1) is 16.0 Å². The highest BCUT2D eigenvalue weighted by atomic mass is 16.6. The van der Waals surface area contributed by atoms with Gasteiger partial charge in [-0.25, -0.2) is 0 Å². The molecule has 1 aromatic carbocycles. The summed E-state index contributed by atoms with van der Waals surface area (Å²) in [6, 6.07) is 10.5. The molecule has 0 radical (unpaired) electrons. The zero-order chi connectivity index (χ0) is 20.2. The maximum absolute atomic E-state index is 12.5. The summed E-state index contributed by atoms with van der Waals surface area (Å²) in [6.07, 6.45) is 6.12. The number of nitrogens with zero attached hydrogens (tertiary/aromatic N) is 2. The fourth-order valence-electron chi connectivity index (χ4n) is 3.40. The minimum atomic E-state index is -0.487. The monoisotopic (exact) mass is 372 g/mol. The summed E-state index contributed by atoms with van der Waals surface area (Å²) in [6.45, 7) is 9.24. The van der Waals surface area contributed by atoms with Crippen molar-refractivity contribution in [2.75, 3.05) is 19.6 Å². The second-order valence-electron chi connectivity index (χ2n) is 6.47. The molecule has 148 valence electrons. The van der Waals surface area contributed by atoms with Gasteiger partial charge in [0.05, 0.1) is 17.0 Å². The summed E-state index contributed by atoms with van der Waals surface area (Å²) in [5.74, 6) is 0.466. The minimum absolute atomic E-state index is 0.105. The normalized spacial score (nSPS) is 16.4. The van der Waals surface area contributed by atoms with Crippen molar-refractivity contribution >= 4 is 5.78 Å². The third kappa shape index (κ3) is 7.10. The van der Waals surface area contributed by atoms with Gasteiger partial charge in [-0.1, -0.05) is 50.3 Å². The highest BCUT2D eigenvalue weighted by molar-refractivity contribution is 6.00. The van der Waals surface area contributed by atoms with E-state index in [0.717, 1.165) is 32.4 Å². The molecule has 1 aliphatic heterocycles. The number of piperidine rings is 1. The van der Waals surface area contributed by atoms with Crippen LogP contribution in [-0.2, 0) is 11.2 Å². The zero-order valence-electron chi connectivity index (χ0n) is 17.0. The van der Waals surface area contributed by atoms with Crippen LogP contribution in [0.1, 0.15) is 46.1 Å². The smallest absolute Gasteiger partial charge is 0.275 e. The SMILES string of the molecule is C/C=C(C(=O)CN1CCC(Cc2ccccc2)CC1)\C(=C/C)[N+](=O)[O-].CC. The van der Waals surface area contributed by atoms with Gasteiger partial charge in [0.2, 0.25) is 0 Å². The molecule has 0 atom stereocenters. The second-order valence-corrected chi connectivity index (χ2v) is 6.47. The molecule has 27 heavy (non-hydrogen) atoms. The van der Waals surface area contributed by atoms with Gasteiger partial charge in [-0.05, 0) is 63.8 Å². The first-order chi connectivity index (χ1) is 13.0. The first-order valence-corrected chi connectivity index (χ1v) is 9.82. The van der Waals surface area contributed by atoms with Crippen LogP contribution in [0.15, 0.2) is 53.8 Å². The van der Waals surface area contributed by atoms with Crippen molar-refractivity contribution in [1.29, 1.82) is 0 Å². The lowest BCUT2D eigenvalue weighted by atomic mass is 9.90. The van der Waals surface area contributed by atoms with E-state index in [1.165, 1.54) is 11.6 Å². The molecule has 0 unspecified atom stereocenters. The fourth-order valence-corrected chi connectivity index (χ4v) is 3.40. The Balaban J connectivity index is 0.00000176. The zero-order valence-corrected chi connectivity index (χ0v) is 17.0. The van der Waals surface area contributed by atoms with Gasteiger partial charge >= 0.3 is 0 Å². The van der Waals surface area contributed by atoms with E-state index in [4.69, 9.17) is 0 Å². The fraction of sp³-hybridized carbons (Fsp3) is 0.500. The number of benzene rings is 1. The molecule has 0 bridgehead atoms. The Morgan fingerprint density at radius 2 is 1.74 bits per heavy atom. The van der Waals surface area contributed by atoms with E-state index in [9.17, 15) is 14.9 Å². The van der Waals surface area contributed by atoms with E-state index in [1.807, 2.05) is 19.9 Å². The number of carbonyl (C=O) groups is 1. The van der Waals surface area contributed by atoms with Crippen LogP contribution >= 0.6 is 0 Å². The van der Waals surface area contributed by atoms with Gasteiger partial charge < -0.3 is 0 Å². The quantitative estimate of drug-likeness (QED) is 0.302. The van der Waals surface area contributed by atoms with Gasteiger partial charge in [0.15, 0.2) is 5.78 Å². The number of ketones is 1. The standard InChI is InChI=1S/C20H26N2O3.C2H6/c1-3-18(19(4-2)22(24)25)20(23)15-21-12-10-17(11-13-21)14-16-8-6-5-7-9-16;1-2/h3-9,17H,10-15H2,1-2H3;1-2H3/b18-3+,19-4+;. The van der Waals surface area contributed by atoms with Crippen LogP contribution in [-0.4, -0.2) is 35.2 Å². The minimum Gasteiger partial charge on any atom is -0.296 e. The highest BCUT2D eigenvalue weighted by Gasteiger charge is 2.26. The Morgan fingerprint density at radius 1 is 1.15 bits per heavy atom. The highest BCUT2D eigenvalue weighted by Crippen LogP contribution is 2.22. The summed E-state index contributed by atoms with van der Waals surface area (Å²) in [5, 5.41) is 11.1. The third-order valence-corrected chi connectivity index (χ3v) is 4.78. The van der Waals surface area contributed by atoms with Crippen LogP contribution in [0.2, 0.25) is 0 Å². The molecule has 1 aromatic rings. The van der Waals surface area contributed by atoms with E-state index in [1.54, 1.807) is 19.9 Å². The second kappa shape index (κ2) is 12.2. The molecule has 1 heterocycles. The third-order valence-electron chi connectivity index (χ3n) is 4.78. The Kier molecular flexibility index (Phi) is 10.3. The molecule has 0 amide bonds. The molecule has 5 heteroatoms. The Bertz CT molecular complexity index is 657. The Hall–Kier alpha value is -2.27. The largest absolute Gasteiger partial charge is 0.296 e. The molecule has 1 aliphatic rings. The first kappa shape index (κ1) is 22.8. The topological polar surface area (TPSA) is 63.5 Å². The van der Waals surface area contributed by atoms with Gasteiger partial charge in [0.1, 0.15) is 0 Å². The number of nitro groups is 1. The number of Topliss-reactive ketones (excluding diaryl/α,β-unsaturated/α-hetero) is 1. The first-order valence-electron chi connectivity index (χ1n) is 9.82. The van der Waals surface area contributed by atoms with Crippen LogP contribution in [0.5, 0.6) is 0 Å². The Morgan fingerprint density at radius 3 is 2.22 bits per heavy atom. The summed E-state index contributed by atoms with van der Waals surface area (Å²) in [5.41, 5.74) is 1.46. The summed E-state index contributed by atoms with van der Waals surface area (Å²) >= 11 is 0. The van der Waals surface area contributed by atoms with E-state index in [-0.39, 0.29) is 23.6 Å². The molecule has 0 saturated carbocycles. The Labute approximate surface area is 162 Å². The van der Waals surface area contributed by atoms with Crippen LogP contribution in [0.25, 0.3) is 0 Å². The van der Waals surface area contributed by atoms with Crippen molar-refractivity contribution in [3.63, 3.8) is 0 Å². The number of hydrogen-bond donors (Lipinski definition) is 0. The lowest BCUT2D eigenvalue weighted by Gasteiger charge is -2.31. The van der Waals surface area contributed by atoms with Gasteiger partial charge in [-0.3, -0.25) is 19.8 Å². The number of allylic oxidation sites excluding steroid dienone is 3. The van der Waals surface area contributed by atoms with Crippen molar-refractivity contribution < 1.29 is 9.72 Å². The molecule has 0 spiro atoms. The van der Waals surface area contributed by atoms with Crippen LogP contribution in [0.3, 0.4) is 0 Å². The number of hydrogen-bond acceptors (Lipinski definition) is 4. The van der Waals surface area contributed by atoms with Crippen molar-refractivity contribution in [1.82, 2.24) is 4.90 Å². The molecular formula is C22H32N2O3. The van der Waals surface area contributed by atoms with E-state index in [2.05, 4.69) is 29.2 Å². The predicted molar refractivity (Wildman–Crippen MR) is 110 cm³/mol. The van der Waals surface area contributed by atoms with Crippen molar-refractivity contribution in [2.45, 2.75) is 47.0 Å². The molecule has 0 aromatic heterocycles. The average Bonchev–Trinajstić information content (AvgIpc) is 2.69. The summed E-state index contributed by atoms with van der Waals surface area (Å²) < 4.78 is 0. The number of carbonyl (C=O) groups excluding carboxylic acids is 1. The predicted octanol–water partition coefficient (Wildman–Crippen LogP) is 4.66. The van der Waals surface area contributed by atoms with Gasteiger partial charge in [0.25, 0.3) is 5.70 Å². The lowest BCUT2D eigenvalue weighted by Crippen LogP contribution is -2.38. The van der Waals surface area contributed by atoms with Crippen molar-refractivity contribution in [3.05, 3.63) is 69.4 Å². The number of rotatable bonds is 7. The summed E-state index contributed by atoms with van der Waals surface area (Å²) in [7, 11) is 0. The van der Waals surface area contributed by atoms with E-state index >= 15 is 0 Å². The van der Waals surface area contributed by atoms with E-state index in [0.29, 0.717) is 5.92 Å². The van der Waals surface area contributed by atoms with Gasteiger partial charge in [0, 0.05) is 0 Å². The lowest BCUT2D eigenvalue weighted by molar-refractivity contribution is -0.420. The number of likely N-dealkylation sites (tertiary alicyclic amines) is 1. The van der Waals surface area contributed by atoms with E-state index < -0.39 is 4.92 Å². The maximum Gasteiger partial charge on any atom is 0.275 e. The molecule has 2 rings (SSSR count). The maximum atomic E-state index is 12.5. The molecule has 5 nitrogen and oxygen atoms in total. The molecule has 1 fully saturated rings. The molecule has 0 aliphatic carbocycles. The van der Waals surface area contributed by atoms with Crippen molar-refractivity contribution in [2.24, 2.45) is 5.92 Å².